The number of nitrogens with zero attached hydrogens (tertiary/aromatic N) is 2. The Kier molecular flexibility index (Phi) is 5.59. The number of benzene rings is 1. The van der Waals surface area contributed by atoms with Crippen molar-refractivity contribution in [1.82, 2.24) is 4.90 Å². The van der Waals surface area contributed by atoms with Crippen LogP contribution in [0.2, 0.25) is 0 Å². The Hall–Kier alpha value is -1.73. The highest BCUT2D eigenvalue weighted by Crippen LogP contribution is 2.36. The number of fused-ring (bicyclic) bond motifs is 1. The maximum absolute atomic E-state index is 12.5. The molecule has 1 saturated carbocycles. The minimum atomic E-state index is -0.573. The normalized spacial score (nSPS) is 28.0. The molecule has 7 heteroatoms. The third-order valence-electron chi connectivity index (χ3n) is 6.00. The largest absolute Gasteiger partial charge is 0.393 e. The molecule has 2 N–H and O–H groups in total. The molecule has 6 nitrogen and oxygen atoms in total. The van der Waals surface area contributed by atoms with Crippen molar-refractivity contribution in [3.63, 3.8) is 0 Å². The lowest BCUT2D eigenvalue weighted by Crippen LogP contribution is -2.38. The lowest BCUT2D eigenvalue weighted by Gasteiger charge is -2.28. The summed E-state index contributed by atoms with van der Waals surface area (Å²) < 4.78 is 0. The number of rotatable bonds is 2. The van der Waals surface area contributed by atoms with Gasteiger partial charge in [0.25, 0.3) is 0 Å². The molecule has 1 aromatic rings. The van der Waals surface area contributed by atoms with Gasteiger partial charge in [0, 0.05) is 49.1 Å². The van der Waals surface area contributed by atoms with Gasteiger partial charge in [-0.3, -0.25) is 9.59 Å². The van der Waals surface area contributed by atoms with E-state index in [1.807, 2.05) is 36.0 Å². The van der Waals surface area contributed by atoms with Crippen molar-refractivity contribution >= 4 is 35.0 Å². The molecule has 3 aliphatic rings. The van der Waals surface area contributed by atoms with Gasteiger partial charge in [-0.1, -0.05) is 0 Å². The monoisotopic (exact) mass is 389 g/mol. The molecule has 1 aromatic carbocycles. The fourth-order valence-electron chi connectivity index (χ4n) is 4.48. The molecule has 27 heavy (non-hydrogen) atoms. The molecule has 0 spiro atoms. The van der Waals surface area contributed by atoms with E-state index in [-0.39, 0.29) is 6.10 Å². The zero-order chi connectivity index (χ0) is 18.8. The Labute approximate surface area is 164 Å². The predicted molar refractivity (Wildman–Crippen MR) is 108 cm³/mol. The average molecular weight is 390 g/mol. The van der Waals surface area contributed by atoms with Gasteiger partial charge >= 0.3 is 11.8 Å². The fourth-order valence-corrected chi connectivity index (χ4v) is 5.38. The van der Waals surface area contributed by atoms with E-state index in [9.17, 15) is 14.7 Å². The van der Waals surface area contributed by atoms with E-state index in [1.54, 1.807) is 4.90 Å². The molecule has 2 aliphatic heterocycles. The molecule has 2 amide bonds. The van der Waals surface area contributed by atoms with Gasteiger partial charge in [-0.2, -0.15) is 11.8 Å². The van der Waals surface area contributed by atoms with Crippen LogP contribution in [-0.2, 0) is 9.59 Å². The molecule has 1 aliphatic carbocycles. The number of thioether (sulfide) groups is 1. The third kappa shape index (κ3) is 4.24. The first-order valence-corrected chi connectivity index (χ1v) is 11.0. The first-order chi connectivity index (χ1) is 13.1. The van der Waals surface area contributed by atoms with Crippen LogP contribution in [-0.4, -0.2) is 65.6 Å². The average Bonchev–Trinajstić information content (AvgIpc) is 3.11. The van der Waals surface area contributed by atoms with Gasteiger partial charge in [-0.05, 0) is 55.4 Å². The lowest BCUT2D eigenvalue weighted by atomic mass is 9.80. The molecule has 0 aromatic heterocycles. The van der Waals surface area contributed by atoms with Crippen LogP contribution in [0.25, 0.3) is 0 Å². The molecule has 3 fully saturated rings. The summed E-state index contributed by atoms with van der Waals surface area (Å²) in [5, 5.41) is 12.6. The van der Waals surface area contributed by atoms with Crippen LogP contribution in [0.5, 0.6) is 0 Å². The Morgan fingerprint density at radius 2 is 1.74 bits per heavy atom. The molecule has 4 rings (SSSR count). The van der Waals surface area contributed by atoms with Gasteiger partial charge in [0.15, 0.2) is 0 Å². The van der Waals surface area contributed by atoms with E-state index in [2.05, 4.69) is 10.2 Å². The van der Waals surface area contributed by atoms with Crippen LogP contribution < -0.4 is 10.2 Å². The van der Waals surface area contributed by atoms with Crippen LogP contribution in [0.3, 0.4) is 0 Å². The summed E-state index contributed by atoms with van der Waals surface area (Å²) in [6.45, 7) is 3.30. The molecule has 3 atom stereocenters. The molecule has 2 saturated heterocycles. The smallest absolute Gasteiger partial charge is 0.313 e. The number of hydrogen-bond donors (Lipinski definition) is 2. The molecular formula is C20H27N3O3S. The number of hydrogen-bond acceptors (Lipinski definition) is 5. The molecule has 146 valence electrons. The van der Waals surface area contributed by atoms with Crippen molar-refractivity contribution in [2.75, 3.05) is 47.9 Å². The maximum atomic E-state index is 12.5. The quantitative estimate of drug-likeness (QED) is 0.755. The summed E-state index contributed by atoms with van der Waals surface area (Å²) in [6.07, 6.45) is 2.23. The zero-order valence-corrected chi connectivity index (χ0v) is 16.3. The topological polar surface area (TPSA) is 72.9 Å². The van der Waals surface area contributed by atoms with Crippen LogP contribution in [0, 0.1) is 11.8 Å². The minimum Gasteiger partial charge on any atom is -0.393 e. The number of carbonyl (C=O) groups is 2. The number of anilines is 2. The second kappa shape index (κ2) is 8.10. The van der Waals surface area contributed by atoms with E-state index >= 15 is 0 Å². The van der Waals surface area contributed by atoms with Crippen LogP contribution in [0.15, 0.2) is 24.3 Å². The second-order valence-electron chi connectivity index (χ2n) is 7.80. The zero-order valence-electron chi connectivity index (χ0n) is 15.5. The lowest BCUT2D eigenvalue weighted by molar-refractivity contribution is -0.142. The summed E-state index contributed by atoms with van der Waals surface area (Å²) >= 11 is 1.97. The molecule has 0 bridgehead atoms. The number of nitrogens with one attached hydrogen (secondary N) is 1. The summed E-state index contributed by atoms with van der Waals surface area (Å²) in [7, 11) is 0. The second-order valence-corrected chi connectivity index (χ2v) is 9.02. The molecular weight excluding hydrogens is 362 g/mol. The Morgan fingerprint density at radius 3 is 2.48 bits per heavy atom. The standard InChI is InChI=1S/C20H27N3O3S/c24-18-6-1-14-12-23(13-15(14)11-18)20(26)19(25)21-16-2-4-17(5-3-16)22-7-9-27-10-8-22/h2-5,14-15,18,24H,1,6-13H2,(H,21,25). The SMILES string of the molecule is O=C(Nc1ccc(N2CCSCC2)cc1)C(=O)N1CC2CCC(O)CC2C1. The highest BCUT2D eigenvalue weighted by Gasteiger charge is 2.40. The number of amides is 2. The summed E-state index contributed by atoms with van der Waals surface area (Å²) in [4.78, 5) is 28.9. The van der Waals surface area contributed by atoms with Crippen LogP contribution >= 0.6 is 11.8 Å². The van der Waals surface area contributed by atoms with E-state index < -0.39 is 11.8 Å². The van der Waals surface area contributed by atoms with Gasteiger partial charge in [-0.25, -0.2) is 0 Å². The van der Waals surface area contributed by atoms with Gasteiger partial charge in [-0.15, -0.1) is 0 Å². The van der Waals surface area contributed by atoms with Crippen LogP contribution in [0.4, 0.5) is 11.4 Å². The maximum Gasteiger partial charge on any atom is 0.313 e. The number of carbonyl (C=O) groups excluding carboxylic acids is 2. The van der Waals surface area contributed by atoms with Gasteiger partial charge in [0.1, 0.15) is 0 Å². The van der Waals surface area contributed by atoms with Gasteiger partial charge in [0.05, 0.1) is 6.10 Å². The fraction of sp³-hybridized carbons (Fsp3) is 0.600. The summed E-state index contributed by atoms with van der Waals surface area (Å²) in [5.41, 5.74) is 1.80. The van der Waals surface area contributed by atoms with Crippen molar-refractivity contribution in [3.05, 3.63) is 24.3 Å². The third-order valence-corrected chi connectivity index (χ3v) is 6.95. The predicted octanol–water partition coefficient (Wildman–Crippen LogP) is 1.80. The van der Waals surface area contributed by atoms with E-state index in [0.29, 0.717) is 30.6 Å². The molecule has 2 heterocycles. The van der Waals surface area contributed by atoms with Gasteiger partial charge < -0.3 is 20.2 Å². The number of likely N-dealkylation sites (tertiary alicyclic amines) is 1. The van der Waals surface area contributed by atoms with Crippen molar-refractivity contribution in [1.29, 1.82) is 0 Å². The van der Waals surface area contributed by atoms with Gasteiger partial charge in [0.2, 0.25) is 0 Å². The van der Waals surface area contributed by atoms with E-state index in [1.165, 1.54) is 0 Å². The van der Waals surface area contributed by atoms with E-state index in [0.717, 1.165) is 49.5 Å². The van der Waals surface area contributed by atoms with Crippen molar-refractivity contribution < 1.29 is 14.7 Å². The van der Waals surface area contributed by atoms with Crippen molar-refractivity contribution in [3.8, 4) is 0 Å². The van der Waals surface area contributed by atoms with Crippen LogP contribution in [0.1, 0.15) is 19.3 Å². The summed E-state index contributed by atoms with van der Waals surface area (Å²) in [5.74, 6) is 2.00. The Morgan fingerprint density at radius 1 is 1.04 bits per heavy atom. The molecule has 3 unspecified atom stereocenters. The first kappa shape index (κ1) is 18.6. The Balaban J connectivity index is 1.32. The highest BCUT2D eigenvalue weighted by atomic mass is 32.2. The number of aliphatic hydroxyl groups excluding tert-OH is 1. The Bertz CT molecular complexity index is 690. The highest BCUT2D eigenvalue weighted by molar-refractivity contribution is 7.99. The van der Waals surface area contributed by atoms with Crippen molar-refractivity contribution in [2.45, 2.75) is 25.4 Å². The molecule has 0 radical (unpaired) electrons. The summed E-state index contributed by atoms with van der Waals surface area (Å²) in [6, 6.07) is 7.73. The van der Waals surface area contributed by atoms with E-state index in [4.69, 9.17) is 0 Å². The first-order valence-electron chi connectivity index (χ1n) is 9.81. The van der Waals surface area contributed by atoms with Crippen molar-refractivity contribution in [2.24, 2.45) is 11.8 Å². The minimum absolute atomic E-state index is 0.257. The number of aliphatic hydroxyl groups is 1.